The van der Waals surface area contributed by atoms with Crippen molar-refractivity contribution in [2.24, 2.45) is 4.99 Å². The number of nitrogens with one attached hydrogen (secondary N) is 2. The van der Waals surface area contributed by atoms with E-state index in [0.717, 1.165) is 48.9 Å². The fraction of sp³-hybridized carbons (Fsp3) is 0.474. The fourth-order valence-corrected chi connectivity index (χ4v) is 3.08. The lowest BCUT2D eigenvalue weighted by Crippen LogP contribution is -2.45. The SMILES string of the molecule is CN=C(NCc1ccccc1-n1ccc(C)n1)NCC1(C)CCCO1.I. The maximum absolute atomic E-state index is 5.82. The van der Waals surface area contributed by atoms with Crippen LogP contribution in [-0.2, 0) is 11.3 Å². The highest BCUT2D eigenvalue weighted by Crippen LogP contribution is 2.23. The van der Waals surface area contributed by atoms with Crippen LogP contribution in [0.1, 0.15) is 31.0 Å². The van der Waals surface area contributed by atoms with Crippen molar-refractivity contribution >= 4 is 29.9 Å². The lowest BCUT2D eigenvalue weighted by molar-refractivity contribution is 0.0243. The number of ether oxygens (including phenoxy) is 1. The molecule has 0 amide bonds. The van der Waals surface area contributed by atoms with Crippen LogP contribution in [0.3, 0.4) is 0 Å². The van der Waals surface area contributed by atoms with Crippen molar-refractivity contribution in [2.45, 2.75) is 38.8 Å². The summed E-state index contributed by atoms with van der Waals surface area (Å²) in [7, 11) is 1.79. The topological polar surface area (TPSA) is 63.5 Å². The third-order valence-corrected chi connectivity index (χ3v) is 4.56. The lowest BCUT2D eigenvalue weighted by atomic mass is 10.0. The molecule has 142 valence electrons. The van der Waals surface area contributed by atoms with Crippen LogP contribution < -0.4 is 10.6 Å². The first-order valence-corrected chi connectivity index (χ1v) is 8.79. The molecule has 1 atom stereocenters. The molecule has 7 heteroatoms. The van der Waals surface area contributed by atoms with E-state index in [2.05, 4.69) is 39.8 Å². The molecule has 0 saturated carbocycles. The van der Waals surface area contributed by atoms with Crippen molar-refractivity contribution in [3.8, 4) is 5.69 Å². The molecule has 1 aliphatic rings. The average Bonchev–Trinajstić information content (AvgIpc) is 3.24. The van der Waals surface area contributed by atoms with Gasteiger partial charge in [-0.05, 0) is 44.4 Å². The first kappa shape index (κ1) is 20.7. The summed E-state index contributed by atoms with van der Waals surface area (Å²) in [4.78, 5) is 4.32. The molecule has 1 aromatic carbocycles. The van der Waals surface area contributed by atoms with Crippen LogP contribution >= 0.6 is 24.0 Å². The van der Waals surface area contributed by atoms with Crippen molar-refractivity contribution in [3.63, 3.8) is 0 Å². The molecule has 2 aromatic rings. The molecular formula is C19H28IN5O. The van der Waals surface area contributed by atoms with Gasteiger partial charge in [0.05, 0.1) is 17.0 Å². The van der Waals surface area contributed by atoms with Gasteiger partial charge in [-0.1, -0.05) is 18.2 Å². The van der Waals surface area contributed by atoms with Gasteiger partial charge in [-0.15, -0.1) is 24.0 Å². The van der Waals surface area contributed by atoms with Crippen LogP contribution in [0.25, 0.3) is 5.69 Å². The van der Waals surface area contributed by atoms with Crippen molar-refractivity contribution < 1.29 is 4.74 Å². The maximum Gasteiger partial charge on any atom is 0.191 e. The summed E-state index contributed by atoms with van der Waals surface area (Å²) in [5.41, 5.74) is 3.15. The predicted molar refractivity (Wildman–Crippen MR) is 116 cm³/mol. The van der Waals surface area contributed by atoms with Gasteiger partial charge in [0.1, 0.15) is 0 Å². The Bertz CT molecular complexity index is 737. The summed E-state index contributed by atoms with van der Waals surface area (Å²) in [6.07, 6.45) is 4.19. The second-order valence-corrected chi connectivity index (χ2v) is 6.71. The third-order valence-electron chi connectivity index (χ3n) is 4.56. The molecule has 6 nitrogen and oxygen atoms in total. The molecule has 1 unspecified atom stereocenters. The average molecular weight is 469 g/mol. The lowest BCUT2D eigenvalue weighted by Gasteiger charge is -2.24. The molecule has 0 bridgehead atoms. The number of aryl methyl sites for hydroxylation is 1. The summed E-state index contributed by atoms with van der Waals surface area (Å²) in [6.45, 7) is 6.42. The van der Waals surface area contributed by atoms with E-state index in [1.807, 2.05) is 36.0 Å². The van der Waals surface area contributed by atoms with Crippen molar-refractivity contribution in [2.75, 3.05) is 20.2 Å². The molecule has 0 spiro atoms. The second-order valence-electron chi connectivity index (χ2n) is 6.71. The molecule has 0 aliphatic carbocycles. The van der Waals surface area contributed by atoms with Crippen molar-refractivity contribution in [1.82, 2.24) is 20.4 Å². The molecule has 3 rings (SSSR count). The van der Waals surface area contributed by atoms with E-state index in [1.165, 1.54) is 0 Å². The number of benzene rings is 1. The number of hydrogen-bond acceptors (Lipinski definition) is 3. The van der Waals surface area contributed by atoms with Gasteiger partial charge >= 0.3 is 0 Å². The molecule has 1 fully saturated rings. The number of aromatic nitrogens is 2. The molecule has 1 aliphatic heterocycles. The van der Waals surface area contributed by atoms with Crippen molar-refractivity contribution in [3.05, 3.63) is 47.8 Å². The number of aliphatic imine (C=N–C) groups is 1. The zero-order valence-corrected chi connectivity index (χ0v) is 18.0. The van der Waals surface area contributed by atoms with E-state index in [4.69, 9.17) is 4.74 Å². The quantitative estimate of drug-likeness (QED) is 0.402. The molecular weight excluding hydrogens is 441 g/mol. The van der Waals surface area contributed by atoms with E-state index in [1.54, 1.807) is 7.05 Å². The predicted octanol–water partition coefficient (Wildman–Crippen LogP) is 3.03. The van der Waals surface area contributed by atoms with E-state index >= 15 is 0 Å². The normalized spacial score (nSPS) is 19.9. The number of guanidine groups is 1. The third kappa shape index (κ3) is 5.20. The first-order chi connectivity index (χ1) is 12.1. The Balaban J connectivity index is 0.00000243. The number of halogens is 1. The summed E-state index contributed by atoms with van der Waals surface area (Å²) >= 11 is 0. The molecule has 1 saturated heterocycles. The zero-order valence-electron chi connectivity index (χ0n) is 15.7. The fourth-order valence-electron chi connectivity index (χ4n) is 3.08. The minimum atomic E-state index is -0.0951. The Kier molecular flexibility index (Phi) is 7.45. The Labute approximate surface area is 172 Å². The van der Waals surface area contributed by atoms with Gasteiger partial charge in [0.2, 0.25) is 0 Å². The van der Waals surface area contributed by atoms with Crippen molar-refractivity contribution in [1.29, 1.82) is 0 Å². The van der Waals surface area contributed by atoms with Gasteiger partial charge in [0, 0.05) is 32.9 Å². The van der Waals surface area contributed by atoms with Gasteiger partial charge in [0.15, 0.2) is 5.96 Å². The second kappa shape index (κ2) is 9.36. The Hall–Kier alpha value is -1.61. The monoisotopic (exact) mass is 469 g/mol. The summed E-state index contributed by atoms with van der Waals surface area (Å²) in [5, 5.41) is 11.3. The Morgan fingerprint density at radius 2 is 2.12 bits per heavy atom. The number of nitrogens with zero attached hydrogens (tertiary/aromatic N) is 3. The van der Waals surface area contributed by atoms with Crippen LogP contribution in [0.4, 0.5) is 0 Å². The van der Waals surface area contributed by atoms with Gasteiger partial charge in [-0.25, -0.2) is 4.68 Å². The van der Waals surface area contributed by atoms with E-state index in [-0.39, 0.29) is 29.6 Å². The van der Waals surface area contributed by atoms with E-state index in [0.29, 0.717) is 6.54 Å². The smallest absolute Gasteiger partial charge is 0.191 e. The molecule has 0 radical (unpaired) electrons. The van der Waals surface area contributed by atoms with Crippen LogP contribution in [0.2, 0.25) is 0 Å². The van der Waals surface area contributed by atoms with Gasteiger partial charge in [-0.3, -0.25) is 4.99 Å². The number of hydrogen-bond donors (Lipinski definition) is 2. The minimum absolute atomic E-state index is 0. The van der Waals surface area contributed by atoms with Gasteiger partial charge in [0.25, 0.3) is 0 Å². The van der Waals surface area contributed by atoms with Crippen LogP contribution in [0, 0.1) is 6.92 Å². The van der Waals surface area contributed by atoms with Gasteiger partial charge in [-0.2, -0.15) is 5.10 Å². The Morgan fingerprint density at radius 3 is 2.77 bits per heavy atom. The van der Waals surface area contributed by atoms with Crippen LogP contribution in [-0.4, -0.2) is 41.5 Å². The highest BCUT2D eigenvalue weighted by molar-refractivity contribution is 14.0. The van der Waals surface area contributed by atoms with Gasteiger partial charge < -0.3 is 15.4 Å². The number of para-hydroxylation sites is 1. The van der Waals surface area contributed by atoms with E-state index in [9.17, 15) is 0 Å². The molecule has 26 heavy (non-hydrogen) atoms. The zero-order chi connectivity index (χ0) is 17.7. The number of rotatable bonds is 5. The maximum atomic E-state index is 5.82. The Morgan fingerprint density at radius 1 is 1.31 bits per heavy atom. The molecule has 2 heterocycles. The van der Waals surface area contributed by atoms with Crippen LogP contribution in [0.5, 0.6) is 0 Å². The highest BCUT2D eigenvalue weighted by atomic mass is 127. The molecule has 1 aromatic heterocycles. The summed E-state index contributed by atoms with van der Waals surface area (Å²) in [5.74, 6) is 0.781. The summed E-state index contributed by atoms with van der Waals surface area (Å²) in [6, 6.07) is 10.3. The van der Waals surface area contributed by atoms with E-state index < -0.39 is 0 Å². The summed E-state index contributed by atoms with van der Waals surface area (Å²) < 4.78 is 7.73. The highest BCUT2D eigenvalue weighted by Gasteiger charge is 2.29. The largest absolute Gasteiger partial charge is 0.373 e. The first-order valence-electron chi connectivity index (χ1n) is 8.79. The van der Waals surface area contributed by atoms with Crippen LogP contribution in [0.15, 0.2) is 41.5 Å². The minimum Gasteiger partial charge on any atom is -0.373 e. The molecule has 2 N–H and O–H groups in total. The standard InChI is InChI=1S/C19H27N5O.HI/c1-15-9-11-24(23-15)17-8-5-4-7-16(17)13-21-18(20-3)22-14-19(2)10-6-12-25-19;/h4-5,7-9,11H,6,10,12-14H2,1-3H3,(H2,20,21,22);1H.